The number of halogens is 2. The number of nitrogens with zero attached hydrogens (tertiary/aromatic N) is 1. The number of rotatable bonds is 2. The molecule has 1 atom stereocenters. The predicted molar refractivity (Wildman–Crippen MR) is 63.6 cm³/mol. The Morgan fingerprint density at radius 2 is 2.31 bits per heavy atom. The van der Waals surface area contributed by atoms with E-state index in [1.807, 2.05) is 0 Å². The van der Waals surface area contributed by atoms with E-state index < -0.39 is 0 Å². The van der Waals surface area contributed by atoms with Crippen LogP contribution >= 0.6 is 15.9 Å². The lowest BCUT2D eigenvalue weighted by Crippen LogP contribution is -2.25. The lowest BCUT2D eigenvalue weighted by Gasteiger charge is -2.16. The number of hydrogen-bond acceptors (Lipinski definition) is 2. The summed E-state index contributed by atoms with van der Waals surface area (Å²) in [4.78, 5) is 13.4. The number of amides is 1. The van der Waals surface area contributed by atoms with Crippen molar-refractivity contribution in [1.29, 1.82) is 0 Å². The quantitative estimate of drug-likeness (QED) is 0.903. The molecule has 1 unspecified atom stereocenters. The molecule has 86 valence electrons. The van der Waals surface area contributed by atoms with Crippen LogP contribution in [0.4, 0.5) is 10.1 Å². The molecule has 1 fully saturated rings. The first kappa shape index (κ1) is 11.5. The third-order valence-electron chi connectivity index (χ3n) is 2.75. The minimum atomic E-state index is -0.328. The van der Waals surface area contributed by atoms with Gasteiger partial charge in [0.25, 0.3) is 0 Å². The van der Waals surface area contributed by atoms with Crippen LogP contribution in [-0.4, -0.2) is 19.0 Å². The molecular weight excluding hydrogens is 275 g/mol. The molecule has 0 saturated carbocycles. The first-order valence-corrected chi connectivity index (χ1v) is 5.86. The van der Waals surface area contributed by atoms with Gasteiger partial charge in [-0.1, -0.05) is 0 Å². The van der Waals surface area contributed by atoms with Crippen molar-refractivity contribution >= 4 is 27.5 Å². The smallest absolute Gasteiger partial charge is 0.227 e. The van der Waals surface area contributed by atoms with Crippen LogP contribution in [0.1, 0.15) is 6.42 Å². The zero-order chi connectivity index (χ0) is 11.7. The van der Waals surface area contributed by atoms with Crippen LogP contribution in [-0.2, 0) is 4.79 Å². The molecule has 16 heavy (non-hydrogen) atoms. The molecule has 1 aromatic carbocycles. The highest BCUT2D eigenvalue weighted by Gasteiger charge is 2.29. The van der Waals surface area contributed by atoms with E-state index in [0.717, 1.165) is 0 Å². The number of carbonyl (C=O) groups excluding carboxylic acids is 1. The number of carbonyl (C=O) groups is 1. The molecular formula is C11H12BrFN2O. The maximum atomic E-state index is 13.1. The summed E-state index contributed by atoms with van der Waals surface area (Å²) in [6.07, 6.45) is 0.478. The van der Waals surface area contributed by atoms with Gasteiger partial charge in [-0.05, 0) is 46.6 Å². The van der Waals surface area contributed by atoms with Crippen LogP contribution < -0.4 is 10.6 Å². The van der Waals surface area contributed by atoms with Crippen molar-refractivity contribution in [1.82, 2.24) is 0 Å². The molecule has 5 heteroatoms. The Kier molecular flexibility index (Phi) is 3.25. The highest BCUT2D eigenvalue weighted by Crippen LogP contribution is 2.28. The largest absolute Gasteiger partial charge is 0.330 e. The van der Waals surface area contributed by atoms with Gasteiger partial charge in [0.1, 0.15) is 5.82 Å². The highest BCUT2D eigenvalue weighted by atomic mass is 79.9. The normalized spacial score (nSPS) is 20.6. The van der Waals surface area contributed by atoms with Crippen LogP contribution in [0.15, 0.2) is 22.7 Å². The van der Waals surface area contributed by atoms with E-state index in [1.54, 1.807) is 17.0 Å². The van der Waals surface area contributed by atoms with Gasteiger partial charge < -0.3 is 10.6 Å². The molecule has 0 aliphatic carbocycles. The van der Waals surface area contributed by atoms with E-state index >= 15 is 0 Å². The van der Waals surface area contributed by atoms with Crippen LogP contribution in [0.5, 0.6) is 0 Å². The maximum absolute atomic E-state index is 13.1. The van der Waals surface area contributed by atoms with Gasteiger partial charge in [0.05, 0.1) is 4.47 Å². The summed E-state index contributed by atoms with van der Waals surface area (Å²) in [5, 5.41) is 0. The predicted octanol–water partition coefficient (Wildman–Crippen LogP) is 1.90. The summed E-state index contributed by atoms with van der Waals surface area (Å²) in [6.45, 7) is 1.12. The highest BCUT2D eigenvalue weighted by molar-refractivity contribution is 9.10. The molecule has 0 spiro atoms. The average molecular weight is 287 g/mol. The molecule has 0 bridgehead atoms. The SMILES string of the molecule is NCC1CC(=O)N(c2ccc(F)c(Br)c2)C1. The topological polar surface area (TPSA) is 46.3 Å². The van der Waals surface area contributed by atoms with Gasteiger partial charge in [-0.25, -0.2) is 4.39 Å². The van der Waals surface area contributed by atoms with E-state index in [2.05, 4.69) is 15.9 Å². The molecule has 2 rings (SSSR count). The minimum absolute atomic E-state index is 0.0500. The zero-order valence-corrected chi connectivity index (χ0v) is 10.2. The Balaban J connectivity index is 2.24. The first-order chi connectivity index (χ1) is 7.61. The van der Waals surface area contributed by atoms with Crippen LogP contribution in [0.2, 0.25) is 0 Å². The maximum Gasteiger partial charge on any atom is 0.227 e. The second-order valence-electron chi connectivity index (χ2n) is 3.91. The summed E-state index contributed by atoms with van der Waals surface area (Å²) >= 11 is 3.11. The van der Waals surface area contributed by atoms with Gasteiger partial charge in [-0.3, -0.25) is 4.79 Å². The van der Waals surface area contributed by atoms with Crippen LogP contribution in [0.25, 0.3) is 0 Å². The summed E-state index contributed by atoms with van der Waals surface area (Å²) < 4.78 is 13.4. The molecule has 1 aliphatic rings. The molecule has 0 aromatic heterocycles. The lowest BCUT2D eigenvalue weighted by molar-refractivity contribution is -0.117. The lowest BCUT2D eigenvalue weighted by atomic mass is 10.1. The van der Waals surface area contributed by atoms with Crippen LogP contribution in [0.3, 0.4) is 0 Å². The van der Waals surface area contributed by atoms with Gasteiger partial charge in [-0.15, -0.1) is 0 Å². The van der Waals surface area contributed by atoms with E-state index in [-0.39, 0.29) is 17.6 Å². The fourth-order valence-corrected chi connectivity index (χ4v) is 2.21. The Hall–Kier alpha value is -0.940. The van der Waals surface area contributed by atoms with E-state index in [1.165, 1.54) is 6.07 Å². The molecule has 1 aliphatic heterocycles. The van der Waals surface area contributed by atoms with Crippen molar-refractivity contribution in [3.05, 3.63) is 28.5 Å². The monoisotopic (exact) mass is 286 g/mol. The van der Waals surface area contributed by atoms with Crippen molar-refractivity contribution in [3.63, 3.8) is 0 Å². The van der Waals surface area contributed by atoms with E-state index in [0.29, 0.717) is 29.7 Å². The van der Waals surface area contributed by atoms with Crippen molar-refractivity contribution in [2.45, 2.75) is 6.42 Å². The fourth-order valence-electron chi connectivity index (χ4n) is 1.84. The number of anilines is 1. The van der Waals surface area contributed by atoms with Gasteiger partial charge in [-0.2, -0.15) is 0 Å². The number of nitrogens with two attached hydrogens (primary N) is 1. The van der Waals surface area contributed by atoms with E-state index in [9.17, 15) is 9.18 Å². The first-order valence-electron chi connectivity index (χ1n) is 5.07. The van der Waals surface area contributed by atoms with Gasteiger partial charge in [0.15, 0.2) is 0 Å². The minimum Gasteiger partial charge on any atom is -0.330 e. The van der Waals surface area contributed by atoms with Gasteiger partial charge >= 0.3 is 0 Å². The third-order valence-corrected chi connectivity index (χ3v) is 3.36. The summed E-state index contributed by atoms with van der Waals surface area (Å²) in [5.41, 5.74) is 6.26. The Bertz CT molecular complexity index is 424. The molecule has 3 nitrogen and oxygen atoms in total. The molecule has 1 aromatic rings. The van der Waals surface area contributed by atoms with Crippen molar-refractivity contribution in [2.24, 2.45) is 11.7 Å². The van der Waals surface area contributed by atoms with Crippen molar-refractivity contribution in [2.75, 3.05) is 18.0 Å². The van der Waals surface area contributed by atoms with Crippen LogP contribution in [0, 0.1) is 11.7 Å². The standard InChI is InChI=1S/C11H12BrFN2O/c12-9-4-8(1-2-10(9)13)15-6-7(5-14)3-11(15)16/h1-2,4,7H,3,5-6,14H2. The average Bonchev–Trinajstić information content (AvgIpc) is 2.64. The van der Waals surface area contributed by atoms with Crippen molar-refractivity contribution in [3.8, 4) is 0 Å². The number of hydrogen-bond donors (Lipinski definition) is 1. The molecule has 1 amide bonds. The summed E-state index contributed by atoms with van der Waals surface area (Å²) in [6, 6.07) is 4.57. The summed E-state index contributed by atoms with van der Waals surface area (Å²) in [7, 11) is 0. The fraction of sp³-hybridized carbons (Fsp3) is 0.364. The van der Waals surface area contributed by atoms with Gasteiger partial charge in [0.2, 0.25) is 5.91 Å². The van der Waals surface area contributed by atoms with Crippen molar-refractivity contribution < 1.29 is 9.18 Å². The number of benzene rings is 1. The molecule has 2 N–H and O–H groups in total. The molecule has 1 saturated heterocycles. The summed E-state index contributed by atoms with van der Waals surface area (Å²) in [5.74, 6) is -0.0731. The Morgan fingerprint density at radius 3 is 2.88 bits per heavy atom. The Morgan fingerprint density at radius 1 is 1.56 bits per heavy atom. The Labute approximate surface area is 102 Å². The van der Waals surface area contributed by atoms with Gasteiger partial charge in [0, 0.05) is 18.7 Å². The third kappa shape index (κ3) is 2.10. The zero-order valence-electron chi connectivity index (χ0n) is 8.62. The second kappa shape index (κ2) is 4.51. The molecule has 1 heterocycles. The molecule has 0 radical (unpaired) electrons. The van der Waals surface area contributed by atoms with E-state index in [4.69, 9.17) is 5.73 Å². The second-order valence-corrected chi connectivity index (χ2v) is 4.76.